The maximum Gasteiger partial charge on any atom is 0.255 e. The highest BCUT2D eigenvalue weighted by Crippen LogP contribution is 2.25. The second-order valence-electron chi connectivity index (χ2n) is 8.68. The van der Waals surface area contributed by atoms with E-state index in [1.165, 1.54) is 6.07 Å². The first-order valence-electron chi connectivity index (χ1n) is 11.7. The molecule has 0 saturated carbocycles. The third-order valence-electron chi connectivity index (χ3n) is 6.23. The third-order valence-corrected chi connectivity index (χ3v) is 6.23. The zero-order valence-electron chi connectivity index (χ0n) is 19.2. The second kappa shape index (κ2) is 10.0. The van der Waals surface area contributed by atoms with Gasteiger partial charge in [0.15, 0.2) is 0 Å². The number of anilines is 4. The Morgan fingerprint density at radius 3 is 2.14 bits per heavy atom. The van der Waals surface area contributed by atoms with E-state index in [0.717, 1.165) is 43.0 Å². The number of rotatable bonds is 6. The Hall–Kier alpha value is -4.10. The molecule has 0 aliphatic carbocycles. The van der Waals surface area contributed by atoms with E-state index in [9.17, 15) is 14.3 Å². The summed E-state index contributed by atoms with van der Waals surface area (Å²) in [6, 6.07) is 23.5. The number of halogens is 1. The van der Waals surface area contributed by atoms with Gasteiger partial charge in [0.25, 0.3) is 5.91 Å². The van der Waals surface area contributed by atoms with Crippen LogP contribution in [0.3, 0.4) is 0 Å². The van der Waals surface area contributed by atoms with Gasteiger partial charge in [0, 0.05) is 53.8 Å². The maximum absolute atomic E-state index is 14.7. The average molecular weight is 471 g/mol. The lowest BCUT2D eigenvalue weighted by Crippen LogP contribution is -2.35. The Kier molecular flexibility index (Phi) is 6.50. The van der Waals surface area contributed by atoms with Crippen LogP contribution in [0.15, 0.2) is 91.3 Å². The van der Waals surface area contributed by atoms with Gasteiger partial charge in [0.05, 0.1) is 11.8 Å². The molecule has 0 unspecified atom stereocenters. The summed E-state index contributed by atoms with van der Waals surface area (Å²) in [5.41, 5.74) is 4.01. The van der Waals surface area contributed by atoms with E-state index in [1.807, 2.05) is 65.5 Å². The molecular weight excluding hydrogens is 443 g/mol. The van der Waals surface area contributed by atoms with Crippen molar-refractivity contribution in [1.82, 2.24) is 4.57 Å². The molecule has 2 heterocycles. The molecule has 5 rings (SSSR count). The lowest BCUT2D eigenvalue weighted by atomic mass is 10.1. The number of hydrogen-bond acceptors (Lipinski definition) is 4. The van der Waals surface area contributed by atoms with Crippen molar-refractivity contribution < 1.29 is 14.3 Å². The molecule has 1 aliphatic heterocycles. The molecule has 4 aromatic rings. The summed E-state index contributed by atoms with van der Waals surface area (Å²) in [6.07, 6.45) is 5.19. The Morgan fingerprint density at radius 1 is 0.857 bits per heavy atom. The summed E-state index contributed by atoms with van der Waals surface area (Å²) >= 11 is 0. The Bertz CT molecular complexity index is 1280. The smallest absolute Gasteiger partial charge is 0.255 e. The van der Waals surface area contributed by atoms with Crippen molar-refractivity contribution in [2.24, 2.45) is 0 Å². The number of aromatic nitrogens is 1. The first-order valence-corrected chi connectivity index (χ1v) is 11.7. The van der Waals surface area contributed by atoms with Crippen molar-refractivity contribution in [2.75, 3.05) is 28.6 Å². The molecule has 0 bridgehead atoms. The van der Waals surface area contributed by atoms with Gasteiger partial charge in [0.2, 0.25) is 0 Å². The standard InChI is InChI=1S/C28H27FN4O2/c29-26-19-22(7-12-27(26)30-21-5-10-24(11-6-21)32-15-1-2-16-32)31-28(35)20-3-8-23(9-4-20)33-17-13-25(34)14-18-33/h1-12,15-16,19,25,30,34H,13-14,17-18H2,(H,31,35). The third kappa shape index (κ3) is 5.36. The number of hydrogen-bond donors (Lipinski definition) is 3. The molecule has 3 aromatic carbocycles. The van der Waals surface area contributed by atoms with Crippen LogP contribution in [0.5, 0.6) is 0 Å². The summed E-state index contributed by atoms with van der Waals surface area (Å²) in [7, 11) is 0. The number of nitrogens with zero attached hydrogens (tertiary/aromatic N) is 2. The molecule has 178 valence electrons. The van der Waals surface area contributed by atoms with Crippen LogP contribution in [0.1, 0.15) is 23.2 Å². The van der Waals surface area contributed by atoms with Gasteiger partial charge in [-0.1, -0.05) is 0 Å². The lowest BCUT2D eigenvalue weighted by Gasteiger charge is -2.31. The zero-order valence-corrected chi connectivity index (χ0v) is 19.2. The maximum atomic E-state index is 14.7. The van der Waals surface area contributed by atoms with Crippen molar-refractivity contribution in [3.05, 3.63) is 103 Å². The molecule has 1 aliphatic rings. The number of nitrogens with one attached hydrogen (secondary N) is 2. The van der Waals surface area contributed by atoms with Crippen LogP contribution in [0.4, 0.5) is 27.1 Å². The van der Waals surface area contributed by atoms with Crippen LogP contribution < -0.4 is 15.5 Å². The number of carbonyl (C=O) groups excluding carboxylic acids is 1. The first-order chi connectivity index (χ1) is 17.0. The normalized spacial score (nSPS) is 14.1. The largest absolute Gasteiger partial charge is 0.393 e. The molecule has 1 saturated heterocycles. The van der Waals surface area contributed by atoms with Gasteiger partial charge in [-0.3, -0.25) is 4.79 Å². The van der Waals surface area contributed by atoms with Crippen LogP contribution >= 0.6 is 0 Å². The summed E-state index contributed by atoms with van der Waals surface area (Å²) in [5, 5.41) is 15.5. The summed E-state index contributed by atoms with van der Waals surface area (Å²) in [5.74, 6) is -0.758. The average Bonchev–Trinajstić information content (AvgIpc) is 3.42. The van der Waals surface area contributed by atoms with Crippen LogP contribution in [0.25, 0.3) is 5.69 Å². The first kappa shape index (κ1) is 22.7. The fourth-order valence-electron chi connectivity index (χ4n) is 4.22. The van der Waals surface area contributed by atoms with Crippen molar-refractivity contribution in [2.45, 2.75) is 18.9 Å². The number of amides is 1. The van der Waals surface area contributed by atoms with E-state index in [4.69, 9.17) is 0 Å². The van der Waals surface area contributed by atoms with Gasteiger partial charge in [-0.15, -0.1) is 0 Å². The number of aliphatic hydroxyl groups excluding tert-OH is 1. The number of carbonyl (C=O) groups is 1. The molecule has 6 nitrogen and oxygen atoms in total. The van der Waals surface area contributed by atoms with E-state index in [2.05, 4.69) is 15.5 Å². The van der Waals surface area contributed by atoms with Gasteiger partial charge in [-0.2, -0.15) is 0 Å². The molecule has 1 amide bonds. The zero-order chi connectivity index (χ0) is 24.2. The molecular formula is C28H27FN4O2. The van der Waals surface area contributed by atoms with E-state index in [-0.39, 0.29) is 12.0 Å². The highest BCUT2D eigenvalue weighted by molar-refractivity contribution is 6.04. The van der Waals surface area contributed by atoms with Gasteiger partial charge in [-0.25, -0.2) is 4.39 Å². The van der Waals surface area contributed by atoms with Crippen molar-refractivity contribution in [3.63, 3.8) is 0 Å². The molecule has 0 atom stereocenters. The predicted molar refractivity (Wildman–Crippen MR) is 137 cm³/mol. The lowest BCUT2D eigenvalue weighted by molar-refractivity contribution is 0.102. The molecule has 0 spiro atoms. The van der Waals surface area contributed by atoms with Crippen molar-refractivity contribution in [1.29, 1.82) is 0 Å². The molecule has 1 fully saturated rings. The fraction of sp³-hybridized carbons (Fsp3) is 0.179. The van der Waals surface area contributed by atoms with Gasteiger partial charge in [-0.05, 0) is 91.7 Å². The van der Waals surface area contributed by atoms with E-state index in [1.54, 1.807) is 24.3 Å². The summed E-state index contributed by atoms with van der Waals surface area (Å²) < 4.78 is 16.7. The summed E-state index contributed by atoms with van der Waals surface area (Å²) in [4.78, 5) is 14.9. The van der Waals surface area contributed by atoms with Crippen LogP contribution in [0.2, 0.25) is 0 Å². The monoisotopic (exact) mass is 470 g/mol. The van der Waals surface area contributed by atoms with Gasteiger partial charge in [0.1, 0.15) is 5.82 Å². The fourth-order valence-corrected chi connectivity index (χ4v) is 4.22. The van der Waals surface area contributed by atoms with Crippen LogP contribution in [0, 0.1) is 5.82 Å². The SMILES string of the molecule is O=C(Nc1ccc(Nc2ccc(-n3cccc3)cc2)c(F)c1)c1ccc(N2CCC(O)CC2)cc1. The minimum absolute atomic E-state index is 0.228. The highest BCUT2D eigenvalue weighted by atomic mass is 19.1. The van der Waals surface area contributed by atoms with E-state index >= 15 is 0 Å². The Morgan fingerprint density at radius 2 is 1.49 bits per heavy atom. The number of benzene rings is 3. The topological polar surface area (TPSA) is 69.5 Å². The molecule has 1 aromatic heterocycles. The second-order valence-corrected chi connectivity index (χ2v) is 8.68. The molecule has 7 heteroatoms. The van der Waals surface area contributed by atoms with Crippen molar-refractivity contribution >= 4 is 28.7 Å². The van der Waals surface area contributed by atoms with Crippen LogP contribution in [-0.2, 0) is 0 Å². The quantitative estimate of drug-likeness (QED) is 0.344. The molecule has 3 N–H and O–H groups in total. The summed E-state index contributed by atoms with van der Waals surface area (Å²) in [6.45, 7) is 1.59. The van der Waals surface area contributed by atoms with Gasteiger partial charge < -0.3 is 25.2 Å². The van der Waals surface area contributed by atoms with Gasteiger partial charge >= 0.3 is 0 Å². The molecule has 35 heavy (non-hydrogen) atoms. The minimum atomic E-state index is -0.458. The minimum Gasteiger partial charge on any atom is -0.393 e. The van der Waals surface area contributed by atoms with E-state index < -0.39 is 5.82 Å². The Balaban J connectivity index is 1.20. The van der Waals surface area contributed by atoms with Crippen molar-refractivity contribution in [3.8, 4) is 5.69 Å². The number of piperidine rings is 1. The Labute approximate surface area is 203 Å². The highest BCUT2D eigenvalue weighted by Gasteiger charge is 2.17. The number of aliphatic hydroxyl groups is 1. The van der Waals surface area contributed by atoms with E-state index in [0.29, 0.717) is 16.9 Å². The van der Waals surface area contributed by atoms with Crippen LogP contribution in [-0.4, -0.2) is 34.8 Å². The predicted octanol–water partition coefficient (Wildman–Crippen LogP) is 5.57. The molecule has 0 radical (unpaired) electrons.